The van der Waals surface area contributed by atoms with Crippen LogP contribution in [-0.4, -0.2) is 23.5 Å². The zero-order valence-electron chi connectivity index (χ0n) is 10.4. The van der Waals surface area contributed by atoms with Crippen LogP contribution in [0.3, 0.4) is 0 Å². The Morgan fingerprint density at radius 3 is 2.53 bits per heavy atom. The van der Waals surface area contributed by atoms with Crippen LogP contribution in [0.15, 0.2) is 17.5 Å². The van der Waals surface area contributed by atoms with Crippen molar-refractivity contribution < 1.29 is 14.3 Å². The molecule has 0 aromatic carbocycles. The molecule has 0 fully saturated rings. The van der Waals surface area contributed by atoms with Gasteiger partial charge in [-0.25, -0.2) is 4.79 Å². The van der Waals surface area contributed by atoms with Crippen LogP contribution in [-0.2, 0) is 9.53 Å². The molecule has 5 heteroatoms. The van der Waals surface area contributed by atoms with E-state index in [-0.39, 0.29) is 5.91 Å². The number of carbonyl (C=O) groups excluding carboxylic acids is 2. The van der Waals surface area contributed by atoms with Gasteiger partial charge in [0.25, 0.3) is 5.91 Å². The third-order valence-electron chi connectivity index (χ3n) is 1.85. The van der Waals surface area contributed by atoms with E-state index in [9.17, 15) is 9.59 Å². The van der Waals surface area contributed by atoms with E-state index in [1.165, 1.54) is 11.3 Å². The highest BCUT2D eigenvalue weighted by Crippen LogP contribution is 2.10. The third kappa shape index (κ3) is 4.56. The molecular formula is C12H17NO3S. The molecule has 1 unspecified atom stereocenters. The van der Waals surface area contributed by atoms with Gasteiger partial charge in [-0.15, -0.1) is 11.3 Å². The van der Waals surface area contributed by atoms with Crippen molar-refractivity contribution in [2.24, 2.45) is 0 Å². The molecule has 0 saturated carbocycles. The first-order chi connectivity index (χ1) is 7.79. The van der Waals surface area contributed by atoms with Crippen LogP contribution < -0.4 is 5.32 Å². The second-order valence-electron chi connectivity index (χ2n) is 4.71. The lowest BCUT2D eigenvalue weighted by Gasteiger charge is -2.22. The van der Waals surface area contributed by atoms with Crippen molar-refractivity contribution in [2.45, 2.75) is 39.3 Å². The molecule has 0 saturated heterocycles. The number of thiophene rings is 1. The quantitative estimate of drug-likeness (QED) is 0.842. The molecule has 0 aliphatic rings. The normalized spacial score (nSPS) is 12.9. The van der Waals surface area contributed by atoms with Gasteiger partial charge < -0.3 is 10.1 Å². The maximum atomic E-state index is 11.7. The predicted molar refractivity (Wildman–Crippen MR) is 67.1 cm³/mol. The summed E-state index contributed by atoms with van der Waals surface area (Å²) in [7, 11) is 0. The van der Waals surface area contributed by atoms with E-state index in [2.05, 4.69) is 5.32 Å². The van der Waals surface area contributed by atoms with Crippen molar-refractivity contribution in [3.63, 3.8) is 0 Å². The molecule has 0 aliphatic heterocycles. The number of hydrogen-bond acceptors (Lipinski definition) is 4. The van der Waals surface area contributed by atoms with E-state index < -0.39 is 17.6 Å². The molecular weight excluding hydrogens is 238 g/mol. The molecule has 1 N–H and O–H groups in total. The van der Waals surface area contributed by atoms with Crippen molar-refractivity contribution in [1.29, 1.82) is 0 Å². The Labute approximate surface area is 105 Å². The van der Waals surface area contributed by atoms with Crippen LogP contribution in [0.5, 0.6) is 0 Å². The molecule has 0 radical (unpaired) electrons. The van der Waals surface area contributed by atoms with Crippen LogP contribution in [0.2, 0.25) is 0 Å². The number of amides is 1. The average molecular weight is 255 g/mol. The average Bonchev–Trinajstić information content (AvgIpc) is 2.67. The monoisotopic (exact) mass is 255 g/mol. The Kier molecular flexibility index (Phi) is 4.28. The largest absolute Gasteiger partial charge is 0.458 e. The molecule has 4 nitrogen and oxygen atoms in total. The first kappa shape index (κ1) is 13.7. The molecule has 17 heavy (non-hydrogen) atoms. The van der Waals surface area contributed by atoms with Crippen molar-refractivity contribution in [3.8, 4) is 0 Å². The summed E-state index contributed by atoms with van der Waals surface area (Å²) in [5.74, 6) is -0.680. The SMILES string of the molecule is CC(NC(=O)c1cccs1)C(=O)OC(C)(C)C. The van der Waals surface area contributed by atoms with Crippen LogP contribution in [0.1, 0.15) is 37.4 Å². The van der Waals surface area contributed by atoms with E-state index in [0.717, 1.165) is 0 Å². The summed E-state index contributed by atoms with van der Waals surface area (Å²) in [5, 5.41) is 4.41. The van der Waals surface area contributed by atoms with E-state index in [1.54, 1.807) is 39.8 Å². The fourth-order valence-corrected chi connectivity index (χ4v) is 1.75. The van der Waals surface area contributed by atoms with Crippen LogP contribution in [0.25, 0.3) is 0 Å². The molecule has 1 rings (SSSR count). The summed E-state index contributed by atoms with van der Waals surface area (Å²) in [6.45, 7) is 6.98. The molecule has 1 aromatic heterocycles. The van der Waals surface area contributed by atoms with E-state index in [0.29, 0.717) is 4.88 Å². The van der Waals surface area contributed by atoms with Crippen LogP contribution in [0.4, 0.5) is 0 Å². The Morgan fingerprint density at radius 1 is 1.41 bits per heavy atom. The molecule has 1 atom stereocenters. The lowest BCUT2D eigenvalue weighted by Crippen LogP contribution is -2.41. The summed E-state index contributed by atoms with van der Waals surface area (Å²) in [6.07, 6.45) is 0. The molecule has 0 spiro atoms. The minimum atomic E-state index is -0.649. The summed E-state index contributed by atoms with van der Waals surface area (Å²) < 4.78 is 5.17. The fraction of sp³-hybridized carbons (Fsp3) is 0.500. The molecule has 94 valence electrons. The Bertz CT molecular complexity index is 392. The van der Waals surface area contributed by atoms with Gasteiger partial charge in [0, 0.05) is 0 Å². The number of esters is 1. The summed E-state index contributed by atoms with van der Waals surface area (Å²) in [4.78, 5) is 23.9. The van der Waals surface area contributed by atoms with Gasteiger partial charge in [-0.3, -0.25) is 4.79 Å². The van der Waals surface area contributed by atoms with E-state index >= 15 is 0 Å². The maximum absolute atomic E-state index is 11.7. The first-order valence-corrected chi connectivity index (χ1v) is 6.25. The number of nitrogens with one attached hydrogen (secondary N) is 1. The molecule has 1 amide bonds. The van der Waals surface area contributed by atoms with Crippen molar-refractivity contribution in [3.05, 3.63) is 22.4 Å². The second kappa shape index (κ2) is 5.31. The number of ether oxygens (including phenoxy) is 1. The fourth-order valence-electron chi connectivity index (χ4n) is 1.12. The Hall–Kier alpha value is -1.36. The van der Waals surface area contributed by atoms with E-state index in [4.69, 9.17) is 4.74 Å². The Morgan fingerprint density at radius 2 is 2.06 bits per heavy atom. The highest BCUT2D eigenvalue weighted by molar-refractivity contribution is 7.12. The molecule has 1 aromatic rings. The minimum Gasteiger partial charge on any atom is -0.458 e. The van der Waals surface area contributed by atoms with Gasteiger partial charge in [-0.1, -0.05) is 6.07 Å². The minimum absolute atomic E-state index is 0.252. The van der Waals surface area contributed by atoms with Gasteiger partial charge in [0.1, 0.15) is 11.6 Å². The number of hydrogen-bond donors (Lipinski definition) is 1. The first-order valence-electron chi connectivity index (χ1n) is 5.37. The van der Waals surface area contributed by atoms with Gasteiger partial charge in [-0.05, 0) is 39.1 Å². The standard InChI is InChI=1S/C12H17NO3S/c1-8(11(15)16-12(2,3)4)13-10(14)9-6-5-7-17-9/h5-8H,1-4H3,(H,13,14). The number of rotatable bonds is 3. The highest BCUT2D eigenvalue weighted by Gasteiger charge is 2.23. The zero-order valence-corrected chi connectivity index (χ0v) is 11.3. The van der Waals surface area contributed by atoms with Crippen molar-refractivity contribution >= 4 is 23.2 Å². The molecule has 0 bridgehead atoms. The van der Waals surface area contributed by atoms with Gasteiger partial charge in [-0.2, -0.15) is 0 Å². The van der Waals surface area contributed by atoms with Crippen LogP contribution >= 0.6 is 11.3 Å². The molecule has 1 heterocycles. The zero-order chi connectivity index (χ0) is 13.1. The summed E-state index contributed by atoms with van der Waals surface area (Å²) in [6, 6.07) is 2.85. The van der Waals surface area contributed by atoms with Gasteiger partial charge in [0.05, 0.1) is 4.88 Å². The second-order valence-corrected chi connectivity index (χ2v) is 5.65. The topological polar surface area (TPSA) is 55.4 Å². The highest BCUT2D eigenvalue weighted by atomic mass is 32.1. The Balaban J connectivity index is 2.52. The van der Waals surface area contributed by atoms with Gasteiger partial charge >= 0.3 is 5.97 Å². The van der Waals surface area contributed by atoms with Crippen molar-refractivity contribution in [2.75, 3.05) is 0 Å². The van der Waals surface area contributed by atoms with Gasteiger partial charge in [0.2, 0.25) is 0 Å². The number of carbonyl (C=O) groups is 2. The maximum Gasteiger partial charge on any atom is 0.328 e. The summed E-state index contributed by atoms with van der Waals surface area (Å²) in [5.41, 5.74) is -0.543. The van der Waals surface area contributed by atoms with Crippen LogP contribution in [0, 0.1) is 0 Å². The lowest BCUT2D eigenvalue weighted by molar-refractivity contribution is -0.156. The molecule has 0 aliphatic carbocycles. The third-order valence-corrected chi connectivity index (χ3v) is 2.72. The predicted octanol–water partition coefficient (Wildman–Crippen LogP) is 2.21. The lowest BCUT2D eigenvalue weighted by atomic mass is 10.2. The smallest absolute Gasteiger partial charge is 0.328 e. The van der Waals surface area contributed by atoms with Crippen molar-refractivity contribution in [1.82, 2.24) is 5.32 Å². The summed E-state index contributed by atoms with van der Waals surface area (Å²) >= 11 is 1.33. The van der Waals surface area contributed by atoms with E-state index in [1.807, 2.05) is 5.38 Å². The van der Waals surface area contributed by atoms with Gasteiger partial charge in [0.15, 0.2) is 0 Å².